The number of para-hydroxylation sites is 1. The van der Waals surface area contributed by atoms with Gasteiger partial charge in [0, 0.05) is 12.2 Å². The molecule has 24 heavy (non-hydrogen) atoms. The minimum absolute atomic E-state index is 0.0635. The molecule has 2 amide bonds. The number of likely N-dealkylation sites (N-methyl/N-ethyl adjacent to an activating group) is 1. The van der Waals surface area contributed by atoms with E-state index in [0.717, 1.165) is 16.8 Å². The Morgan fingerprint density at radius 1 is 1.17 bits per heavy atom. The van der Waals surface area contributed by atoms with E-state index in [-0.39, 0.29) is 18.4 Å². The van der Waals surface area contributed by atoms with Crippen molar-refractivity contribution in [1.29, 1.82) is 0 Å². The number of aryl methyl sites for hydroxylation is 2. The minimum atomic E-state index is -0.935. The molecule has 6 nitrogen and oxygen atoms in total. The van der Waals surface area contributed by atoms with Crippen LogP contribution in [0.2, 0.25) is 0 Å². The number of carboxylic acid groups (broad SMARTS) is 1. The second kappa shape index (κ2) is 7.47. The fraction of sp³-hybridized carbons (Fsp3) is 0.500. The van der Waals surface area contributed by atoms with Gasteiger partial charge < -0.3 is 15.3 Å². The molecule has 1 aliphatic carbocycles. The summed E-state index contributed by atoms with van der Waals surface area (Å²) in [5.74, 6) is -2.57. The lowest BCUT2D eigenvalue weighted by Crippen LogP contribution is -2.48. The quantitative estimate of drug-likeness (QED) is 0.836. The van der Waals surface area contributed by atoms with Crippen molar-refractivity contribution in [3.8, 4) is 0 Å². The van der Waals surface area contributed by atoms with E-state index in [1.165, 1.54) is 4.90 Å². The van der Waals surface area contributed by atoms with Gasteiger partial charge in [0.2, 0.25) is 11.8 Å². The first-order valence-corrected chi connectivity index (χ1v) is 8.22. The van der Waals surface area contributed by atoms with Gasteiger partial charge >= 0.3 is 5.97 Å². The van der Waals surface area contributed by atoms with Gasteiger partial charge in [0.25, 0.3) is 0 Å². The number of benzene rings is 1. The molecule has 0 radical (unpaired) electrons. The number of carbonyl (C=O) groups excluding carboxylic acids is 2. The van der Waals surface area contributed by atoms with Gasteiger partial charge in [-0.1, -0.05) is 18.2 Å². The summed E-state index contributed by atoms with van der Waals surface area (Å²) in [5.41, 5.74) is 2.68. The van der Waals surface area contributed by atoms with E-state index in [1.807, 2.05) is 32.0 Å². The molecule has 130 valence electrons. The summed E-state index contributed by atoms with van der Waals surface area (Å²) >= 11 is 0. The van der Waals surface area contributed by atoms with Gasteiger partial charge in [-0.15, -0.1) is 0 Å². The van der Waals surface area contributed by atoms with Crippen molar-refractivity contribution in [3.05, 3.63) is 29.3 Å². The molecule has 0 aliphatic heterocycles. The molecular weight excluding hydrogens is 308 g/mol. The number of nitrogens with one attached hydrogen (secondary N) is 1. The Morgan fingerprint density at radius 2 is 1.75 bits per heavy atom. The molecule has 1 aromatic rings. The predicted octanol–water partition coefficient (Wildman–Crippen LogP) is 2.20. The number of aliphatic carboxylic acids is 1. The molecule has 1 saturated carbocycles. The Bertz CT molecular complexity index is 636. The molecule has 0 heterocycles. The van der Waals surface area contributed by atoms with Gasteiger partial charge in [0.1, 0.15) is 0 Å². The van der Waals surface area contributed by atoms with E-state index >= 15 is 0 Å². The molecule has 2 rings (SSSR count). The fourth-order valence-electron chi connectivity index (χ4n) is 3.04. The van der Waals surface area contributed by atoms with Crippen molar-refractivity contribution in [2.75, 3.05) is 18.4 Å². The predicted molar refractivity (Wildman–Crippen MR) is 90.6 cm³/mol. The number of hydrogen-bond donors (Lipinski definition) is 2. The molecule has 2 unspecified atom stereocenters. The molecule has 0 saturated heterocycles. The van der Waals surface area contributed by atoms with Crippen LogP contribution < -0.4 is 5.32 Å². The van der Waals surface area contributed by atoms with Gasteiger partial charge in [-0.3, -0.25) is 14.4 Å². The van der Waals surface area contributed by atoms with E-state index < -0.39 is 17.8 Å². The Kier molecular flexibility index (Phi) is 5.59. The number of carbonyl (C=O) groups is 3. The van der Waals surface area contributed by atoms with Gasteiger partial charge in [0.15, 0.2) is 0 Å². The van der Waals surface area contributed by atoms with Crippen molar-refractivity contribution in [2.45, 2.75) is 33.6 Å². The van der Waals surface area contributed by atoms with Crippen LogP contribution >= 0.6 is 0 Å². The number of anilines is 1. The lowest BCUT2D eigenvalue weighted by atomic mass is 9.73. The number of rotatable bonds is 6. The molecule has 1 fully saturated rings. The molecular formula is C18H24N2O4. The van der Waals surface area contributed by atoms with Crippen LogP contribution in [0.3, 0.4) is 0 Å². The molecule has 6 heteroatoms. The van der Waals surface area contributed by atoms with Crippen molar-refractivity contribution in [1.82, 2.24) is 4.90 Å². The van der Waals surface area contributed by atoms with Gasteiger partial charge in [-0.2, -0.15) is 0 Å². The first-order valence-electron chi connectivity index (χ1n) is 8.22. The maximum Gasteiger partial charge on any atom is 0.307 e. The van der Waals surface area contributed by atoms with E-state index in [0.29, 0.717) is 19.4 Å². The average molecular weight is 332 g/mol. The highest BCUT2D eigenvalue weighted by atomic mass is 16.4. The zero-order valence-corrected chi connectivity index (χ0v) is 14.3. The SMILES string of the molecule is CCN(CC(=O)Nc1c(C)cccc1C)C(=O)C1CCC1C(=O)O. The Morgan fingerprint density at radius 3 is 2.21 bits per heavy atom. The van der Waals surface area contributed by atoms with E-state index in [9.17, 15) is 14.4 Å². The number of nitrogens with zero attached hydrogens (tertiary/aromatic N) is 1. The molecule has 0 bridgehead atoms. The lowest BCUT2D eigenvalue weighted by molar-refractivity contribution is -0.156. The van der Waals surface area contributed by atoms with Crippen molar-refractivity contribution < 1.29 is 19.5 Å². The van der Waals surface area contributed by atoms with E-state index in [1.54, 1.807) is 6.92 Å². The maximum atomic E-state index is 12.5. The first kappa shape index (κ1) is 18.0. The third kappa shape index (κ3) is 3.75. The monoisotopic (exact) mass is 332 g/mol. The van der Waals surface area contributed by atoms with Crippen LogP contribution in [-0.4, -0.2) is 40.9 Å². The Hall–Kier alpha value is -2.37. The summed E-state index contributed by atoms with van der Waals surface area (Å²) in [6.45, 7) is 5.93. The number of amides is 2. The lowest BCUT2D eigenvalue weighted by Gasteiger charge is -2.35. The molecule has 0 spiro atoms. The van der Waals surface area contributed by atoms with Gasteiger partial charge in [-0.05, 0) is 44.7 Å². The van der Waals surface area contributed by atoms with Crippen LogP contribution in [0.1, 0.15) is 30.9 Å². The summed E-state index contributed by atoms with van der Waals surface area (Å²) in [6.07, 6.45) is 1.10. The van der Waals surface area contributed by atoms with Crippen molar-refractivity contribution in [2.24, 2.45) is 11.8 Å². The summed E-state index contributed by atoms with van der Waals surface area (Å²) in [6, 6.07) is 5.75. The molecule has 2 atom stereocenters. The Balaban J connectivity index is 2.01. The normalized spacial score (nSPS) is 19.3. The topological polar surface area (TPSA) is 86.7 Å². The second-order valence-corrected chi connectivity index (χ2v) is 6.30. The zero-order chi connectivity index (χ0) is 17.9. The maximum absolute atomic E-state index is 12.5. The molecule has 1 aliphatic rings. The van der Waals surface area contributed by atoms with E-state index in [4.69, 9.17) is 5.11 Å². The van der Waals surface area contributed by atoms with Crippen LogP contribution in [0.4, 0.5) is 5.69 Å². The molecule has 0 aromatic heterocycles. The van der Waals surface area contributed by atoms with Gasteiger partial charge in [0.05, 0.1) is 18.4 Å². The fourth-order valence-corrected chi connectivity index (χ4v) is 3.04. The summed E-state index contributed by atoms with van der Waals surface area (Å²) in [7, 11) is 0. The van der Waals surface area contributed by atoms with E-state index in [2.05, 4.69) is 5.32 Å². The summed E-state index contributed by atoms with van der Waals surface area (Å²) < 4.78 is 0. The van der Waals surface area contributed by atoms with Gasteiger partial charge in [-0.25, -0.2) is 0 Å². The Labute approximate surface area is 141 Å². The van der Waals surface area contributed by atoms with Crippen molar-refractivity contribution in [3.63, 3.8) is 0 Å². The second-order valence-electron chi connectivity index (χ2n) is 6.30. The van der Waals surface area contributed by atoms with Crippen molar-refractivity contribution >= 4 is 23.5 Å². The van der Waals surface area contributed by atoms with Crippen LogP contribution in [0.5, 0.6) is 0 Å². The highest BCUT2D eigenvalue weighted by Crippen LogP contribution is 2.35. The minimum Gasteiger partial charge on any atom is -0.481 e. The summed E-state index contributed by atoms with van der Waals surface area (Å²) in [5, 5.41) is 12.0. The molecule has 2 N–H and O–H groups in total. The average Bonchev–Trinajstić information content (AvgIpc) is 2.46. The third-order valence-corrected chi connectivity index (χ3v) is 4.68. The first-order chi connectivity index (χ1) is 11.3. The van der Waals surface area contributed by atoms with Crippen LogP contribution in [-0.2, 0) is 14.4 Å². The summed E-state index contributed by atoms with van der Waals surface area (Å²) in [4.78, 5) is 37.3. The largest absolute Gasteiger partial charge is 0.481 e. The number of hydrogen-bond acceptors (Lipinski definition) is 3. The standard InChI is InChI=1S/C18H24N2O4/c1-4-20(17(22)13-8-9-14(13)18(23)24)10-15(21)19-16-11(2)6-5-7-12(16)3/h5-7,13-14H,4,8-10H2,1-3H3,(H,19,21)(H,23,24). The highest BCUT2D eigenvalue weighted by molar-refractivity contribution is 5.96. The zero-order valence-electron chi connectivity index (χ0n) is 14.3. The smallest absolute Gasteiger partial charge is 0.307 e. The van der Waals surface area contributed by atoms with Crippen LogP contribution in [0, 0.1) is 25.7 Å². The molecule has 1 aromatic carbocycles. The van der Waals surface area contributed by atoms with Crippen LogP contribution in [0.25, 0.3) is 0 Å². The highest BCUT2D eigenvalue weighted by Gasteiger charge is 2.43. The van der Waals surface area contributed by atoms with Crippen LogP contribution in [0.15, 0.2) is 18.2 Å². The third-order valence-electron chi connectivity index (χ3n) is 4.68. The number of carboxylic acids is 1.